The minimum absolute atomic E-state index is 0.0454. The zero-order valence-corrected chi connectivity index (χ0v) is 16.5. The highest BCUT2D eigenvalue weighted by molar-refractivity contribution is 5.95. The van der Waals surface area contributed by atoms with Crippen LogP contribution >= 0.6 is 0 Å². The van der Waals surface area contributed by atoms with Gasteiger partial charge in [-0.05, 0) is 37.9 Å². The first-order valence-electron chi connectivity index (χ1n) is 9.78. The van der Waals surface area contributed by atoms with Crippen molar-refractivity contribution < 1.29 is 18.7 Å². The van der Waals surface area contributed by atoms with Crippen LogP contribution in [0.1, 0.15) is 62.2 Å². The number of esters is 1. The van der Waals surface area contributed by atoms with Gasteiger partial charge in [0.2, 0.25) is 0 Å². The molecule has 2 aromatic heterocycles. The summed E-state index contributed by atoms with van der Waals surface area (Å²) in [7, 11) is 1.28. The van der Waals surface area contributed by atoms with E-state index in [1.807, 2.05) is 0 Å². The van der Waals surface area contributed by atoms with Crippen molar-refractivity contribution >= 4 is 11.9 Å². The number of rotatable bonds is 3. The topological polar surface area (TPSA) is 118 Å². The summed E-state index contributed by atoms with van der Waals surface area (Å²) in [4.78, 5) is 39.3. The van der Waals surface area contributed by atoms with Crippen molar-refractivity contribution in [2.45, 2.75) is 38.6 Å². The van der Waals surface area contributed by atoms with Crippen LogP contribution in [0.4, 0.5) is 0 Å². The van der Waals surface area contributed by atoms with E-state index < -0.39 is 17.5 Å². The summed E-state index contributed by atoms with van der Waals surface area (Å²) in [6.07, 6.45) is 2.49. The molecule has 4 heterocycles. The van der Waals surface area contributed by atoms with Gasteiger partial charge in [-0.3, -0.25) is 9.89 Å². The molecule has 29 heavy (non-hydrogen) atoms. The number of aryl methyl sites for hydroxylation is 1. The Morgan fingerprint density at radius 2 is 2.21 bits per heavy atom. The maximum absolute atomic E-state index is 13.1. The highest BCUT2D eigenvalue weighted by Gasteiger charge is 2.31. The van der Waals surface area contributed by atoms with Crippen LogP contribution in [0.15, 0.2) is 15.3 Å². The van der Waals surface area contributed by atoms with Crippen LogP contribution < -0.4 is 10.9 Å². The van der Waals surface area contributed by atoms with Gasteiger partial charge in [0.1, 0.15) is 11.3 Å². The standard InChI is InChI=1S/C20H24N4O5/c1-11-8-15(12-4-3-6-21-9-12)29-19(26)16(11)18(25)24-7-5-14-13(10-24)17(23-22-14)20(27)28-2/h8,12,21H,3-7,9-10H2,1-2H3,(H,22,23). The Labute approximate surface area is 167 Å². The van der Waals surface area contributed by atoms with Crippen LogP contribution in [-0.4, -0.2) is 53.7 Å². The minimum atomic E-state index is -0.609. The summed E-state index contributed by atoms with van der Waals surface area (Å²) < 4.78 is 10.3. The van der Waals surface area contributed by atoms with Gasteiger partial charge < -0.3 is 19.4 Å². The van der Waals surface area contributed by atoms with E-state index in [9.17, 15) is 14.4 Å². The van der Waals surface area contributed by atoms with Crippen LogP contribution in [-0.2, 0) is 17.7 Å². The fourth-order valence-electron chi connectivity index (χ4n) is 4.08. The highest BCUT2D eigenvalue weighted by Crippen LogP contribution is 2.26. The molecule has 1 saturated heterocycles. The van der Waals surface area contributed by atoms with Gasteiger partial charge in [0.15, 0.2) is 5.69 Å². The molecule has 0 radical (unpaired) electrons. The lowest BCUT2D eigenvalue weighted by molar-refractivity contribution is 0.0586. The molecule has 2 aliphatic rings. The van der Waals surface area contributed by atoms with Gasteiger partial charge in [0, 0.05) is 36.7 Å². The van der Waals surface area contributed by atoms with Crippen molar-refractivity contribution in [1.29, 1.82) is 0 Å². The smallest absolute Gasteiger partial charge is 0.358 e. The lowest BCUT2D eigenvalue weighted by Gasteiger charge is -2.27. The predicted molar refractivity (Wildman–Crippen MR) is 103 cm³/mol. The molecule has 1 fully saturated rings. The Morgan fingerprint density at radius 3 is 2.90 bits per heavy atom. The monoisotopic (exact) mass is 400 g/mol. The molecule has 2 N–H and O–H groups in total. The molecular formula is C20H24N4O5. The average Bonchev–Trinajstić information content (AvgIpc) is 3.16. The molecule has 1 atom stereocenters. The number of nitrogens with one attached hydrogen (secondary N) is 2. The number of methoxy groups -OCH3 is 1. The second kappa shape index (κ2) is 7.82. The third kappa shape index (κ3) is 3.57. The summed E-state index contributed by atoms with van der Waals surface area (Å²) in [5.41, 5.74) is 1.65. The first-order chi connectivity index (χ1) is 14.0. The van der Waals surface area contributed by atoms with Crippen LogP contribution in [0.25, 0.3) is 0 Å². The van der Waals surface area contributed by atoms with Gasteiger partial charge in [0.05, 0.1) is 13.7 Å². The lowest BCUT2D eigenvalue weighted by Crippen LogP contribution is -2.39. The summed E-state index contributed by atoms with van der Waals surface area (Å²) in [6, 6.07) is 1.80. The number of piperidine rings is 1. The number of fused-ring (bicyclic) bond motifs is 1. The van der Waals surface area contributed by atoms with Crippen LogP contribution in [0.3, 0.4) is 0 Å². The van der Waals surface area contributed by atoms with E-state index in [4.69, 9.17) is 9.15 Å². The summed E-state index contributed by atoms with van der Waals surface area (Å²) >= 11 is 0. The van der Waals surface area contributed by atoms with Gasteiger partial charge in [0.25, 0.3) is 5.91 Å². The molecule has 0 bridgehead atoms. The van der Waals surface area contributed by atoms with Gasteiger partial charge in [-0.15, -0.1) is 0 Å². The lowest BCUT2D eigenvalue weighted by atomic mass is 9.95. The molecule has 1 unspecified atom stereocenters. The first-order valence-corrected chi connectivity index (χ1v) is 9.78. The van der Waals surface area contributed by atoms with Crippen LogP contribution in [0.2, 0.25) is 0 Å². The van der Waals surface area contributed by atoms with Crippen molar-refractivity contribution in [3.05, 3.63) is 50.3 Å². The van der Waals surface area contributed by atoms with Crippen molar-refractivity contribution in [3.8, 4) is 0 Å². The number of ether oxygens (including phenoxy) is 1. The molecule has 0 spiro atoms. The number of hydrogen-bond donors (Lipinski definition) is 2. The summed E-state index contributed by atoms with van der Waals surface area (Å²) in [5.74, 6) is -0.185. The Hall–Kier alpha value is -2.94. The number of nitrogens with zero attached hydrogens (tertiary/aromatic N) is 2. The highest BCUT2D eigenvalue weighted by atomic mass is 16.5. The quantitative estimate of drug-likeness (QED) is 0.742. The largest absolute Gasteiger partial charge is 0.464 e. The van der Waals surface area contributed by atoms with E-state index in [-0.39, 0.29) is 23.7 Å². The maximum atomic E-state index is 13.1. The Bertz CT molecular complexity index is 1000. The molecule has 4 rings (SSSR count). The number of amides is 1. The molecule has 9 nitrogen and oxygen atoms in total. The summed E-state index contributed by atoms with van der Waals surface area (Å²) in [5, 5.41) is 10.1. The average molecular weight is 400 g/mol. The molecule has 2 aromatic rings. The van der Waals surface area contributed by atoms with E-state index in [2.05, 4.69) is 15.5 Å². The first kappa shape index (κ1) is 19.4. The molecular weight excluding hydrogens is 376 g/mol. The predicted octanol–water partition coefficient (Wildman–Crippen LogP) is 1.12. The molecule has 0 aromatic carbocycles. The van der Waals surface area contributed by atoms with Crippen molar-refractivity contribution in [2.75, 3.05) is 26.7 Å². The van der Waals surface area contributed by atoms with Gasteiger partial charge in [-0.1, -0.05) is 0 Å². The molecule has 0 aliphatic carbocycles. The SMILES string of the molecule is COC(=O)c1n[nH]c2c1CN(C(=O)c1c(C)cc(C3CCCNC3)oc1=O)CC2. The number of aromatic amines is 1. The van der Waals surface area contributed by atoms with E-state index in [1.165, 1.54) is 7.11 Å². The second-order valence-electron chi connectivity index (χ2n) is 7.54. The van der Waals surface area contributed by atoms with Gasteiger partial charge in [-0.2, -0.15) is 5.10 Å². The summed E-state index contributed by atoms with van der Waals surface area (Å²) in [6.45, 7) is 4.09. The zero-order chi connectivity index (χ0) is 20.5. The number of H-pyrrole nitrogens is 1. The van der Waals surface area contributed by atoms with Gasteiger partial charge in [-0.25, -0.2) is 9.59 Å². The minimum Gasteiger partial charge on any atom is -0.464 e. The maximum Gasteiger partial charge on any atom is 0.358 e. The van der Waals surface area contributed by atoms with Gasteiger partial charge >= 0.3 is 11.6 Å². The molecule has 0 saturated carbocycles. The third-order valence-corrected chi connectivity index (χ3v) is 5.68. The fourth-order valence-corrected chi connectivity index (χ4v) is 4.08. The second-order valence-corrected chi connectivity index (χ2v) is 7.54. The third-order valence-electron chi connectivity index (χ3n) is 5.68. The van der Waals surface area contributed by atoms with Crippen molar-refractivity contribution in [3.63, 3.8) is 0 Å². The normalized spacial score (nSPS) is 19.0. The van der Waals surface area contributed by atoms with E-state index in [0.717, 1.165) is 31.6 Å². The Balaban J connectivity index is 1.59. The van der Waals surface area contributed by atoms with Crippen molar-refractivity contribution in [1.82, 2.24) is 20.4 Å². The van der Waals surface area contributed by atoms with Crippen LogP contribution in [0.5, 0.6) is 0 Å². The number of hydrogen-bond acceptors (Lipinski definition) is 7. The van der Waals surface area contributed by atoms with Crippen molar-refractivity contribution in [2.24, 2.45) is 0 Å². The number of aromatic nitrogens is 2. The number of carbonyl (C=O) groups is 2. The zero-order valence-electron chi connectivity index (χ0n) is 16.5. The Kier molecular flexibility index (Phi) is 5.23. The molecule has 9 heteroatoms. The van der Waals surface area contributed by atoms with E-state index in [1.54, 1.807) is 17.9 Å². The molecule has 1 amide bonds. The number of carbonyl (C=O) groups excluding carboxylic acids is 2. The van der Waals surface area contributed by atoms with E-state index >= 15 is 0 Å². The molecule has 154 valence electrons. The fraction of sp³-hybridized carbons (Fsp3) is 0.500. The molecule has 2 aliphatic heterocycles. The Morgan fingerprint density at radius 1 is 1.38 bits per heavy atom. The van der Waals surface area contributed by atoms with E-state index in [0.29, 0.717) is 29.9 Å². The van der Waals surface area contributed by atoms with Crippen LogP contribution in [0, 0.1) is 6.92 Å².